The minimum atomic E-state index is -0.00270. The molecule has 0 aliphatic carbocycles. The number of benzene rings is 2. The smallest absolute Gasteiger partial charge is 0.254 e. The lowest BCUT2D eigenvalue weighted by Crippen LogP contribution is -2.34. The SMILES string of the molecule is COc1cc(C(=O)N2CCCCC(c3ccccc3)C2)cc(OC)c1OC. The predicted molar refractivity (Wildman–Crippen MR) is 105 cm³/mol. The average Bonchev–Trinajstić information content (AvgIpc) is 2.99. The molecule has 1 saturated heterocycles. The first-order chi connectivity index (χ1) is 13.2. The molecule has 1 unspecified atom stereocenters. The summed E-state index contributed by atoms with van der Waals surface area (Å²) < 4.78 is 16.2. The average molecular weight is 369 g/mol. The van der Waals surface area contributed by atoms with Gasteiger partial charge in [0.2, 0.25) is 5.75 Å². The van der Waals surface area contributed by atoms with Gasteiger partial charge in [0.05, 0.1) is 21.3 Å². The van der Waals surface area contributed by atoms with E-state index in [9.17, 15) is 4.79 Å². The van der Waals surface area contributed by atoms with Gasteiger partial charge in [-0.05, 0) is 30.5 Å². The number of ether oxygens (including phenoxy) is 3. The number of carbonyl (C=O) groups is 1. The van der Waals surface area contributed by atoms with E-state index < -0.39 is 0 Å². The van der Waals surface area contributed by atoms with Gasteiger partial charge < -0.3 is 19.1 Å². The van der Waals surface area contributed by atoms with Crippen molar-refractivity contribution in [2.45, 2.75) is 25.2 Å². The van der Waals surface area contributed by atoms with Crippen LogP contribution in [0.5, 0.6) is 17.2 Å². The molecule has 2 aromatic carbocycles. The number of hydrogen-bond acceptors (Lipinski definition) is 4. The van der Waals surface area contributed by atoms with Gasteiger partial charge in [0, 0.05) is 24.6 Å². The first-order valence-corrected chi connectivity index (χ1v) is 9.32. The molecule has 144 valence electrons. The Labute approximate surface area is 160 Å². The molecule has 0 aromatic heterocycles. The molecule has 5 nitrogen and oxygen atoms in total. The van der Waals surface area contributed by atoms with Crippen LogP contribution in [0.1, 0.15) is 41.1 Å². The minimum absolute atomic E-state index is 0.00270. The molecule has 1 amide bonds. The van der Waals surface area contributed by atoms with Crippen molar-refractivity contribution in [1.82, 2.24) is 4.90 Å². The van der Waals surface area contributed by atoms with Gasteiger partial charge in [-0.1, -0.05) is 36.8 Å². The summed E-state index contributed by atoms with van der Waals surface area (Å²) >= 11 is 0. The van der Waals surface area contributed by atoms with Gasteiger partial charge >= 0.3 is 0 Å². The van der Waals surface area contributed by atoms with Crippen LogP contribution in [0.4, 0.5) is 0 Å². The zero-order valence-electron chi connectivity index (χ0n) is 16.2. The number of nitrogens with zero attached hydrogens (tertiary/aromatic N) is 1. The van der Waals surface area contributed by atoms with Gasteiger partial charge in [0.25, 0.3) is 5.91 Å². The lowest BCUT2D eigenvalue weighted by atomic mass is 9.94. The van der Waals surface area contributed by atoms with Crippen LogP contribution in [0.15, 0.2) is 42.5 Å². The Hall–Kier alpha value is -2.69. The number of hydrogen-bond donors (Lipinski definition) is 0. The van der Waals surface area contributed by atoms with Gasteiger partial charge in [-0.25, -0.2) is 0 Å². The zero-order valence-corrected chi connectivity index (χ0v) is 16.2. The standard InChI is InChI=1S/C22H27NO4/c1-25-19-13-18(14-20(26-2)21(19)27-3)22(24)23-12-8-7-11-17(15-23)16-9-5-4-6-10-16/h4-6,9-10,13-14,17H,7-8,11-12,15H2,1-3H3. The highest BCUT2D eigenvalue weighted by Gasteiger charge is 2.26. The van der Waals surface area contributed by atoms with Crippen LogP contribution in [-0.2, 0) is 0 Å². The van der Waals surface area contributed by atoms with Crippen molar-refractivity contribution in [2.24, 2.45) is 0 Å². The Morgan fingerprint density at radius 2 is 1.63 bits per heavy atom. The van der Waals surface area contributed by atoms with Crippen LogP contribution < -0.4 is 14.2 Å². The van der Waals surface area contributed by atoms with Gasteiger partial charge in [-0.3, -0.25) is 4.79 Å². The summed E-state index contributed by atoms with van der Waals surface area (Å²) in [5.74, 6) is 1.84. The highest BCUT2D eigenvalue weighted by atomic mass is 16.5. The van der Waals surface area contributed by atoms with Crippen LogP contribution in [0.25, 0.3) is 0 Å². The molecule has 0 N–H and O–H groups in total. The second-order valence-corrected chi connectivity index (χ2v) is 6.77. The van der Waals surface area contributed by atoms with Crippen molar-refractivity contribution >= 4 is 5.91 Å². The Kier molecular flexibility index (Phi) is 6.22. The lowest BCUT2D eigenvalue weighted by Gasteiger charge is -2.25. The summed E-state index contributed by atoms with van der Waals surface area (Å²) in [6.45, 7) is 1.48. The molecule has 3 rings (SSSR count). The van der Waals surface area contributed by atoms with E-state index in [1.54, 1.807) is 33.5 Å². The zero-order chi connectivity index (χ0) is 19.2. The van der Waals surface area contributed by atoms with Crippen molar-refractivity contribution in [3.8, 4) is 17.2 Å². The first-order valence-electron chi connectivity index (χ1n) is 9.32. The third kappa shape index (κ3) is 4.18. The van der Waals surface area contributed by atoms with Gasteiger partial charge in [0.1, 0.15) is 0 Å². The predicted octanol–water partition coefficient (Wildman–Crippen LogP) is 4.12. The highest BCUT2D eigenvalue weighted by molar-refractivity contribution is 5.95. The van der Waals surface area contributed by atoms with E-state index in [1.807, 2.05) is 11.0 Å². The maximum Gasteiger partial charge on any atom is 0.254 e. The number of methoxy groups -OCH3 is 3. The molecule has 0 spiro atoms. The third-order valence-corrected chi connectivity index (χ3v) is 5.14. The van der Waals surface area contributed by atoms with Crippen molar-refractivity contribution < 1.29 is 19.0 Å². The molecule has 2 aromatic rings. The van der Waals surface area contributed by atoms with E-state index in [1.165, 1.54) is 5.56 Å². The highest BCUT2D eigenvalue weighted by Crippen LogP contribution is 2.38. The maximum absolute atomic E-state index is 13.2. The molecule has 1 atom stereocenters. The summed E-state index contributed by atoms with van der Waals surface area (Å²) in [6, 6.07) is 13.9. The first kappa shape index (κ1) is 19.1. The van der Waals surface area contributed by atoms with Crippen LogP contribution in [0.2, 0.25) is 0 Å². The molecule has 0 saturated carbocycles. The summed E-state index contributed by atoms with van der Waals surface area (Å²) in [7, 11) is 4.67. The largest absolute Gasteiger partial charge is 0.493 e. The van der Waals surface area contributed by atoms with Crippen LogP contribution in [0, 0.1) is 0 Å². The molecule has 1 aliphatic rings. The summed E-state index contributed by atoms with van der Waals surface area (Å²) in [5.41, 5.74) is 1.85. The van der Waals surface area contributed by atoms with E-state index in [0.717, 1.165) is 32.4 Å². The second-order valence-electron chi connectivity index (χ2n) is 6.77. The van der Waals surface area contributed by atoms with Gasteiger partial charge in [0.15, 0.2) is 11.5 Å². The molecular formula is C22H27NO4. The monoisotopic (exact) mass is 369 g/mol. The number of likely N-dealkylation sites (tertiary alicyclic amines) is 1. The molecule has 1 fully saturated rings. The molecule has 1 heterocycles. The van der Waals surface area contributed by atoms with E-state index in [4.69, 9.17) is 14.2 Å². The fourth-order valence-corrected chi connectivity index (χ4v) is 3.71. The van der Waals surface area contributed by atoms with Crippen LogP contribution in [-0.4, -0.2) is 45.2 Å². The van der Waals surface area contributed by atoms with Gasteiger partial charge in [-0.2, -0.15) is 0 Å². The van der Waals surface area contributed by atoms with E-state index in [0.29, 0.717) is 28.7 Å². The third-order valence-electron chi connectivity index (χ3n) is 5.14. The minimum Gasteiger partial charge on any atom is -0.493 e. The van der Waals surface area contributed by atoms with Crippen molar-refractivity contribution in [3.05, 3.63) is 53.6 Å². The van der Waals surface area contributed by atoms with Gasteiger partial charge in [-0.15, -0.1) is 0 Å². The van der Waals surface area contributed by atoms with Crippen molar-refractivity contribution in [1.29, 1.82) is 0 Å². The molecule has 0 bridgehead atoms. The lowest BCUT2D eigenvalue weighted by molar-refractivity contribution is 0.0753. The quantitative estimate of drug-likeness (QED) is 0.795. The number of carbonyl (C=O) groups excluding carboxylic acids is 1. The molecule has 27 heavy (non-hydrogen) atoms. The fraction of sp³-hybridized carbons (Fsp3) is 0.409. The fourth-order valence-electron chi connectivity index (χ4n) is 3.71. The maximum atomic E-state index is 13.2. The van der Waals surface area contributed by atoms with Crippen LogP contribution >= 0.6 is 0 Å². The summed E-state index contributed by atoms with van der Waals surface area (Å²) in [6.07, 6.45) is 3.24. The Bertz CT molecular complexity index is 750. The normalized spacial score (nSPS) is 17.1. The molecule has 5 heteroatoms. The number of rotatable bonds is 5. The van der Waals surface area contributed by atoms with Crippen molar-refractivity contribution in [3.63, 3.8) is 0 Å². The Morgan fingerprint density at radius 3 is 2.22 bits per heavy atom. The topological polar surface area (TPSA) is 48.0 Å². The number of amides is 1. The second kappa shape index (κ2) is 8.80. The van der Waals surface area contributed by atoms with E-state index in [-0.39, 0.29) is 5.91 Å². The van der Waals surface area contributed by atoms with E-state index >= 15 is 0 Å². The van der Waals surface area contributed by atoms with E-state index in [2.05, 4.69) is 24.3 Å². The Balaban J connectivity index is 1.87. The Morgan fingerprint density at radius 1 is 0.963 bits per heavy atom. The summed E-state index contributed by atoms with van der Waals surface area (Å²) in [4.78, 5) is 15.2. The molecule has 1 aliphatic heterocycles. The van der Waals surface area contributed by atoms with Crippen molar-refractivity contribution in [2.75, 3.05) is 34.4 Å². The van der Waals surface area contributed by atoms with Crippen LogP contribution in [0.3, 0.4) is 0 Å². The molecular weight excluding hydrogens is 342 g/mol. The molecule has 0 radical (unpaired) electrons. The summed E-state index contributed by atoms with van der Waals surface area (Å²) in [5, 5.41) is 0.